The van der Waals surface area contributed by atoms with Crippen LogP contribution < -0.4 is 34.4 Å². The monoisotopic (exact) mass is 276 g/mol. The van der Waals surface area contributed by atoms with E-state index in [4.69, 9.17) is 34.4 Å². The second-order valence-corrected chi connectivity index (χ2v) is 4.98. The van der Waals surface area contributed by atoms with E-state index >= 15 is 0 Å². The lowest BCUT2D eigenvalue weighted by Crippen LogP contribution is -2.22. The summed E-state index contributed by atoms with van der Waals surface area (Å²) in [7, 11) is 0. The molecule has 0 saturated carbocycles. The quantitative estimate of drug-likeness (QED) is 0.234. The number of anilines is 4. The predicted molar refractivity (Wildman–Crippen MR) is 78.8 cm³/mol. The second kappa shape index (κ2) is 3.50. The summed E-state index contributed by atoms with van der Waals surface area (Å²) in [6.07, 6.45) is 0. The van der Waals surface area contributed by atoms with Gasteiger partial charge in [0.1, 0.15) is 0 Å². The Morgan fingerprint density at radius 1 is 0.600 bits per heavy atom. The highest BCUT2D eigenvalue weighted by atomic mass is 16.3. The molecule has 2 atom stereocenters. The van der Waals surface area contributed by atoms with Crippen LogP contribution in [0.15, 0.2) is 0 Å². The fraction of sp³-hybridized carbons (Fsp3) is 0.167. The van der Waals surface area contributed by atoms with E-state index in [2.05, 4.69) is 0 Å². The largest absolute Gasteiger partial charge is 0.504 e. The van der Waals surface area contributed by atoms with Crippen molar-refractivity contribution < 1.29 is 10.2 Å². The fourth-order valence-electron chi connectivity index (χ4n) is 2.91. The lowest BCUT2D eigenvalue weighted by atomic mass is 9.97. The molecule has 0 saturated heterocycles. The SMILES string of the molecule is Nc1c(N)c2c3c(c(O)c(O)c(N)c3c1N)C(N)C2N. The molecule has 2 unspecified atom stereocenters. The number of benzene rings is 2. The Labute approximate surface area is 113 Å². The Morgan fingerprint density at radius 3 is 1.75 bits per heavy atom. The highest BCUT2D eigenvalue weighted by molar-refractivity contribution is 6.16. The molecule has 2 aromatic rings. The number of phenols is 2. The molecule has 0 heterocycles. The maximum absolute atomic E-state index is 10.1. The maximum Gasteiger partial charge on any atom is 0.182 e. The van der Waals surface area contributed by atoms with Crippen molar-refractivity contribution in [2.45, 2.75) is 12.1 Å². The van der Waals surface area contributed by atoms with E-state index in [1.165, 1.54) is 0 Å². The molecule has 20 heavy (non-hydrogen) atoms. The summed E-state index contributed by atoms with van der Waals surface area (Å²) in [5.41, 5.74) is 36.8. The molecule has 1 aliphatic rings. The molecule has 0 aromatic heterocycles. The first-order valence-corrected chi connectivity index (χ1v) is 5.93. The van der Waals surface area contributed by atoms with E-state index in [-0.39, 0.29) is 28.3 Å². The van der Waals surface area contributed by atoms with Crippen molar-refractivity contribution in [2.24, 2.45) is 11.5 Å². The van der Waals surface area contributed by atoms with Gasteiger partial charge in [0.05, 0.1) is 34.8 Å². The smallest absolute Gasteiger partial charge is 0.182 e. The lowest BCUT2D eigenvalue weighted by molar-refractivity contribution is 0.398. The molecule has 2 aromatic carbocycles. The minimum atomic E-state index is -0.734. The van der Waals surface area contributed by atoms with Crippen molar-refractivity contribution in [1.29, 1.82) is 0 Å². The van der Waals surface area contributed by atoms with E-state index in [1.807, 2.05) is 0 Å². The van der Waals surface area contributed by atoms with Crippen molar-refractivity contribution >= 4 is 33.5 Å². The first kappa shape index (κ1) is 12.5. The van der Waals surface area contributed by atoms with Crippen LogP contribution in [0, 0.1) is 0 Å². The van der Waals surface area contributed by atoms with Gasteiger partial charge in [0.25, 0.3) is 0 Å². The van der Waals surface area contributed by atoms with Crippen molar-refractivity contribution in [1.82, 2.24) is 0 Å². The van der Waals surface area contributed by atoms with Gasteiger partial charge < -0.3 is 44.6 Å². The Bertz CT molecular complexity index is 712. The molecule has 0 amide bonds. The van der Waals surface area contributed by atoms with Gasteiger partial charge in [-0.05, 0) is 0 Å². The number of aromatic hydroxyl groups is 2. The first-order valence-electron chi connectivity index (χ1n) is 5.93. The van der Waals surface area contributed by atoms with Crippen LogP contribution in [0.2, 0.25) is 0 Å². The zero-order chi connectivity index (χ0) is 14.9. The van der Waals surface area contributed by atoms with Gasteiger partial charge in [-0.1, -0.05) is 0 Å². The van der Waals surface area contributed by atoms with Gasteiger partial charge in [-0.25, -0.2) is 0 Å². The Morgan fingerprint density at radius 2 is 1.15 bits per heavy atom. The second-order valence-electron chi connectivity index (χ2n) is 4.98. The molecular formula is C12H16N6O2. The fourth-order valence-corrected chi connectivity index (χ4v) is 2.91. The Kier molecular flexibility index (Phi) is 2.18. The molecule has 1 aliphatic carbocycles. The number of phenolic OH excluding ortho intramolecular Hbond substituents is 2. The number of nitrogen functional groups attached to an aromatic ring is 4. The number of hydrogen-bond donors (Lipinski definition) is 8. The topological polar surface area (TPSA) is 197 Å². The van der Waals surface area contributed by atoms with Crippen molar-refractivity contribution in [3.05, 3.63) is 11.1 Å². The molecule has 3 rings (SSSR count). The van der Waals surface area contributed by atoms with Gasteiger partial charge >= 0.3 is 0 Å². The zero-order valence-electron chi connectivity index (χ0n) is 10.5. The number of nitrogens with two attached hydrogens (primary N) is 6. The minimum absolute atomic E-state index is 0.0759. The average Bonchev–Trinajstić information content (AvgIpc) is 2.66. The van der Waals surface area contributed by atoms with Crippen LogP contribution in [-0.2, 0) is 0 Å². The molecule has 14 N–H and O–H groups in total. The lowest BCUT2D eigenvalue weighted by Gasteiger charge is -2.16. The molecule has 0 spiro atoms. The van der Waals surface area contributed by atoms with E-state index < -0.39 is 23.6 Å². The van der Waals surface area contributed by atoms with E-state index in [9.17, 15) is 10.2 Å². The van der Waals surface area contributed by atoms with Crippen LogP contribution in [0.4, 0.5) is 22.7 Å². The standard InChI is InChI=1S/C12H16N6O2/c13-5-2-1-3(7(15)10(18)6(2)14)9(17)12(20)11(19)4(1)8(5)16/h5,8,19-20H,13-18H2. The highest BCUT2D eigenvalue weighted by Gasteiger charge is 2.37. The number of hydrogen-bond acceptors (Lipinski definition) is 8. The summed E-state index contributed by atoms with van der Waals surface area (Å²) in [5, 5.41) is 20.8. The predicted octanol–water partition coefficient (Wildman–Crippen LogP) is -0.407. The highest BCUT2D eigenvalue weighted by Crippen LogP contribution is 2.56. The molecule has 8 heteroatoms. The summed E-state index contributed by atoms with van der Waals surface area (Å²) >= 11 is 0. The summed E-state index contributed by atoms with van der Waals surface area (Å²) in [6.45, 7) is 0. The third-order valence-corrected chi connectivity index (χ3v) is 3.99. The summed E-state index contributed by atoms with van der Waals surface area (Å²) in [4.78, 5) is 0. The van der Waals surface area contributed by atoms with Crippen LogP contribution in [0.5, 0.6) is 11.5 Å². The van der Waals surface area contributed by atoms with E-state index in [0.717, 1.165) is 0 Å². The Balaban J connectivity index is 2.69. The van der Waals surface area contributed by atoms with E-state index in [1.54, 1.807) is 0 Å². The normalized spacial score (nSPS) is 20.7. The van der Waals surface area contributed by atoms with Crippen LogP contribution >= 0.6 is 0 Å². The van der Waals surface area contributed by atoms with Gasteiger partial charge in [-0.15, -0.1) is 0 Å². The first-order chi connectivity index (χ1) is 9.29. The summed E-state index contributed by atoms with van der Waals surface area (Å²) in [6, 6.07) is -1.40. The summed E-state index contributed by atoms with van der Waals surface area (Å²) < 4.78 is 0. The van der Waals surface area contributed by atoms with Crippen LogP contribution in [0.3, 0.4) is 0 Å². The zero-order valence-corrected chi connectivity index (χ0v) is 10.5. The van der Waals surface area contributed by atoms with Crippen LogP contribution in [0.25, 0.3) is 10.8 Å². The van der Waals surface area contributed by atoms with Gasteiger partial charge in [-0.3, -0.25) is 0 Å². The van der Waals surface area contributed by atoms with Crippen molar-refractivity contribution in [3.63, 3.8) is 0 Å². The molecule has 8 nitrogen and oxygen atoms in total. The van der Waals surface area contributed by atoms with E-state index in [0.29, 0.717) is 16.3 Å². The molecule has 0 fully saturated rings. The molecular weight excluding hydrogens is 260 g/mol. The van der Waals surface area contributed by atoms with Crippen molar-refractivity contribution in [2.75, 3.05) is 22.9 Å². The van der Waals surface area contributed by atoms with Crippen molar-refractivity contribution in [3.8, 4) is 11.5 Å². The van der Waals surface area contributed by atoms with Crippen LogP contribution in [0.1, 0.15) is 23.2 Å². The number of rotatable bonds is 0. The molecule has 0 aliphatic heterocycles. The van der Waals surface area contributed by atoms with Crippen LogP contribution in [-0.4, -0.2) is 10.2 Å². The molecule has 106 valence electrons. The Hall–Kier alpha value is -2.58. The molecule has 0 bridgehead atoms. The maximum atomic E-state index is 10.1. The summed E-state index contributed by atoms with van der Waals surface area (Å²) in [5.74, 6) is -0.890. The van der Waals surface area contributed by atoms with Gasteiger partial charge in [-0.2, -0.15) is 0 Å². The van der Waals surface area contributed by atoms with Gasteiger partial charge in [0, 0.05) is 21.9 Å². The van der Waals surface area contributed by atoms with Gasteiger partial charge in [0.15, 0.2) is 11.5 Å². The minimum Gasteiger partial charge on any atom is -0.504 e. The third-order valence-electron chi connectivity index (χ3n) is 3.99. The average molecular weight is 276 g/mol. The third kappa shape index (κ3) is 1.12. The van der Waals surface area contributed by atoms with Gasteiger partial charge in [0.2, 0.25) is 0 Å². The molecule has 0 radical (unpaired) electrons.